The molecule has 0 saturated heterocycles. The minimum Gasteiger partial charge on any atom is -0.478 e. The Morgan fingerprint density at radius 2 is 2.25 bits per heavy atom. The Morgan fingerprint density at radius 3 is 2.88 bits per heavy atom. The lowest BCUT2D eigenvalue weighted by Gasteiger charge is -2.10. The second-order valence-corrected chi connectivity index (χ2v) is 3.88. The van der Waals surface area contributed by atoms with E-state index in [2.05, 4.69) is 22.2 Å². The van der Waals surface area contributed by atoms with E-state index in [9.17, 15) is 0 Å². The zero-order chi connectivity index (χ0) is 12.0. The van der Waals surface area contributed by atoms with Crippen LogP contribution in [-0.2, 0) is 0 Å². The van der Waals surface area contributed by atoms with Crippen molar-refractivity contribution in [2.75, 3.05) is 18.5 Å². The van der Waals surface area contributed by atoms with E-state index in [4.69, 9.17) is 10.5 Å². The summed E-state index contributed by atoms with van der Waals surface area (Å²) in [5.74, 6) is 1.19. The van der Waals surface area contributed by atoms with Crippen LogP contribution in [0.1, 0.15) is 26.0 Å². The average Bonchev–Trinajstić information content (AvgIpc) is 2.23. The first-order valence-electron chi connectivity index (χ1n) is 5.59. The molecule has 0 radical (unpaired) electrons. The second-order valence-electron chi connectivity index (χ2n) is 3.88. The molecular weight excluding hydrogens is 204 g/mol. The summed E-state index contributed by atoms with van der Waals surface area (Å²) < 4.78 is 5.46. The van der Waals surface area contributed by atoms with Crippen LogP contribution in [0.25, 0.3) is 0 Å². The predicted molar refractivity (Wildman–Crippen MR) is 64.7 cm³/mol. The molecule has 1 rings (SSSR count). The van der Waals surface area contributed by atoms with Crippen molar-refractivity contribution in [3.05, 3.63) is 11.8 Å². The highest BCUT2D eigenvalue weighted by Gasteiger charge is 2.03. The van der Waals surface area contributed by atoms with Crippen molar-refractivity contribution in [1.29, 1.82) is 0 Å². The zero-order valence-electron chi connectivity index (χ0n) is 10.2. The van der Waals surface area contributed by atoms with Gasteiger partial charge in [-0.05, 0) is 20.3 Å². The summed E-state index contributed by atoms with van der Waals surface area (Å²) in [6, 6.07) is 1.90. The molecule has 0 spiro atoms. The van der Waals surface area contributed by atoms with E-state index in [0.717, 1.165) is 12.1 Å². The molecule has 0 aliphatic carbocycles. The van der Waals surface area contributed by atoms with Gasteiger partial charge in [0, 0.05) is 24.3 Å². The SMILES string of the molecule is CCCOc1cc(C)nc(NCC(C)N)n1. The van der Waals surface area contributed by atoms with Crippen LogP contribution in [0, 0.1) is 6.92 Å². The van der Waals surface area contributed by atoms with Crippen molar-refractivity contribution in [1.82, 2.24) is 9.97 Å². The van der Waals surface area contributed by atoms with Crippen LogP contribution in [0.2, 0.25) is 0 Å². The van der Waals surface area contributed by atoms with Gasteiger partial charge in [0.05, 0.1) is 6.61 Å². The minimum absolute atomic E-state index is 0.0733. The predicted octanol–water partition coefficient (Wildman–Crippen LogP) is 1.33. The van der Waals surface area contributed by atoms with Crippen LogP contribution in [0.5, 0.6) is 5.88 Å². The fourth-order valence-corrected chi connectivity index (χ4v) is 1.15. The third-order valence-electron chi connectivity index (χ3n) is 1.87. The average molecular weight is 224 g/mol. The Morgan fingerprint density at radius 1 is 1.50 bits per heavy atom. The maximum Gasteiger partial charge on any atom is 0.226 e. The van der Waals surface area contributed by atoms with Gasteiger partial charge in [-0.15, -0.1) is 0 Å². The molecule has 3 N–H and O–H groups in total. The molecule has 1 unspecified atom stereocenters. The van der Waals surface area contributed by atoms with Crippen LogP contribution in [0.3, 0.4) is 0 Å². The van der Waals surface area contributed by atoms with Gasteiger partial charge in [0.15, 0.2) is 0 Å². The molecule has 5 heteroatoms. The summed E-state index contributed by atoms with van der Waals surface area (Å²) in [5, 5.41) is 3.07. The van der Waals surface area contributed by atoms with Gasteiger partial charge in [0.25, 0.3) is 0 Å². The second kappa shape index (κ2) is 6.27. The molecule has 1 atom stereocenters. The normalized spacial score (nSPS) is 12.2. The first-order valence-corrected chi connectivity index (χ1v) is 5.59. The molecule has 0 bridgehead atoms. The van der Waals surface area contributed by atoms with Crippen LogP contribution in [-0.4, -0.2) is 29.2 Å². The first-order chi connectivity index (χ1) is 7.61. The molecule has 1 aromatic heterocycles. The van der Waals surface area contributed by atoms with E-state index >= 15 is 0 Å². The maximum absolute atomic E-state index is 5.65. The molecule has 0 aliphatic rings. The van der Waals surface area contributed by atoms with Crippen LogP contribution < -0.4 is 15.8 Å². The van der Waals surface area contributed by atoms with Gasteiger partial charge in [-0.3, -0.25) is 0 Å². The molecular formula is C11H20N4O. The number of nitrogens with one attached hydrogen (secondary N) is 1. The number of nitrogens with two attached hydrogens (primary N) is 1. The smallest absolute Gasteiger partial charge is 0.226 e. The highest BCUT2D eigenvalue weighted by atomic mass is 16.5. The Kier molecular flexibility index (Phi) is 4.98. The summed E-state index contributed by atoms with van der Waals surface area (Å²) in [6.07, 6.45) is 0.964. The van der Waals surface area contributed by atoms with Crippen molar-refractivity contribution >= 4 is 5.95 Å². The maximum atomic E-state index is 5.65. The molecule has 0 saturated carbocycles. The zero-order valence-corrected chi connectivity index (χ0v) is 10.2. The van der Waals surface area contributed by atoms with Gasteiger partial charge in [-0.2, -0.15) is 4.98 Å². The van der Waals surface area contributed by atoms with Crippen molar-refractivity contribution in [2.45, 2.75) is 33.2 Å². The summed E-state index contributed by atoms with van der Waals surface area (Å²) in [7, 11) is 0. The summed E-state index contributed by atoms with van der Waals surface area (Å²) >= 11 is 0. The lowest BCUT2D eigenvalue weighted by molar-refractivity contribution is 0.305. The van der Waals surface area contributed by atoms with Crippen LogP contribution >= 0.6 is 0 Å². The summed E-state index contributed by atoms with van der Waals surface area (Å²) in [4.78, 5) is 8.50. The van der Waals surface area contributed by atoms with Gasteiger partial charge >= 0.3 is 0 Å². The molecule has 5 nitrogen and oxygen atoms in total. The third kappa shape index (κ3) is 4.44. The first kappa shape index (κ1) is 12.7. The molecule has 0 aliphatic heterocycles. The number of nitrogens with zero attached hydrogens (tertiary/aromatic N) is 2. The van der Waals surface area contributed by atoms with E-state index in [-0.39, 0.29) is 6.04 Å². The van der Waals surface area contributed by atoms with Crippen molar-refractivity contribution in [3.63, 3.8) is 0 Å². The van der Waals surface area contributed by atoms with Gasteiger partial charge in [0.1, 0.15) is 0 Å². The topological polar surface area (TPSA) is 73.1 Å². The molecule has 0 amide bonds. The number of aromatic nitrogens is 2. The van der Waals surface area contributed by atoms with Gasteiger partial charge in [-0.1, -0.05) is 6.92 Å². The number of ether oxygens (including phenoxy) is 1. The molecule has 1 aromatic rings. The van der Waals surface area contributed by atoms with Crippen molar-refractivity contribution in [3.8, 4) is 5.88 Å². The van der Waals surface area contributed by atoms with Crippen molar-refractivity contribution in [2.24, 2.45) is 5.73 Å². The lowest BCUT2D eigenvalue weighted by Crippen LogP contribution is -2.26. The van der Waals surface area contributed by atoms with E-state index in [1.807, 2.05) is 19.9 Å². The molecule has 16 heavy (non-hydrogen) atoms. The summed E-state index contributed by atoms with van der Waals surface area (Å²) in [6.45, 7) is 7.22. The quantitative estimate of drug-likeness (QED) is 0.762. The molecule has 90 valence electrons. The van der Waals surface area contributed by atoms with E-state index < -0.39 is 0 Å². The Hall–Kier alpha value is -1.36. The van der Waals surface area contributed by atoms with Crippen LogP contribution in [0.15, 0.2) is 6.07 Å². The number of hydrogen-bond donors (Lipinski definition) is 2. The Bertz CT molecular complexity index is 328. The monoisotopic (exact) mass is 224 g/mol. The molecule has 0 aromatic carbocycles. The van der Waals surface area contributed by atoms with Gasteiger partial charge in [0.2, 0.25) is 11.8 Å². The van der Waals surface area contributed by atoms with Crippen LogP contribution in [0.4, 0.5) is 5.95 Å². The lowest BCUT2D eigenvalue weighted by atomic mass is 10.4. The fraction of sp³-hybridized carbons (Fsp3) is 0.636. The Labute approximate surface area is 96.4 Å². The Balaban J connectivity index is 2.65. The standard InChI is InChI=1S/C11H20N4O/c1-4-5-16-10-6-9(3)14-11(15-10)13-7-8(2)12/h6,8H,4-5,7,12H2,1-3H3,(H,13,14,15). The number of anilines is 1. The van der Waals surface area contributed by atoms with E-state index in [1.165, 1.54) is 0 Å². The number of hydrogen-bond acceptors (Lipinski definition) is 5. The summed E-state index contributed by atoms with van der Waals surface area (Å²) in [5.41, 5.74) is 6.53. The third-order valence-corrected chi connectivity index (χ3v) is 1.87. The van der Waals surface area contributed by atoms with E-state index in [1.54, 1.807) is 0 Å². The highest BCUT2D eigenvalue weighted by molar-refractivity contribution is 5.30. The van der Waals surface area contributed by atoms with Crippen molar-refractivity contribution < 1.29 is 4.74 Å². The minimum atomic E-state index is 0.0733. The molecule has 1 heterocycles. The van der Waals surface area contributed by atoms with Gasteiger partial charge < -0.3 is 15.8 Å². The largest absolute Gasteiger partial charge is 0.478 e. The number of rotatable bonds is 6. The van der Waals surface area contributed by atoms with Gasteiger partial charge in [-0.25, -0.2) is 4.98 Å². The highest BCUT2D eigenvalue weighted by Crippen LogP contribution is 2.11. The fourth-order valence-electron chi connectivity index (χ4n) is 1.15. The molecule has 0 fully saturated rings. The number of aryl methyl sites for hydroxylation is 1. The van der Waals surface area contributed by atoms with E-state index in [0.29, 0.717) is 25.0 Å².